The molecule has 1 amide bonds. The molecule has 0 spiro atoms. The van der Waals surface area contributed by atoms with Crippen molar-refractivity contribution in [3.8, 4) is 11.5 Å². The minimum atomic E-state index is -0.386. The summed E-state index contributed by atoms with van der Waals surface area (Å²) in [5.41, 5.74) is 0.0840. The lowest BCUT2D eigenvalue weighted by atomic mass is 10.0. The van der Waals surface area contributed by atoms with Crippen molar-refractivity contribution in [1.82, 2.24) is 5.32 Å². The van der Waals surface area contributed by atoms with E-state index in [9.17, 15) is 15.0 Å². The van der Waals surface area contributed by atoms with E-state index in [4.69, 9.17) is 4.74 Å². The minimum absolute atomic E-state index is 0.0262. The predicted molar refractivity (Wildman–Crippen MR) is 65.6 cm³/mol. The lowest BCUT2D eigenvalue weighted by Crippen LogP contribution is -2.38. The first-order valence-electron chi connectivity index (χ1n) is 5.98. The molecule has 3 N–H and O–H groups in total. The maximum Gasteiger partial charge on any atom is 0.255 e. The first-order valence-corrected chi connectivity index (χ1v) is 5.98. The number of carbonyl (C=O) groups excluding carboxylic acids is 1. The Hall–Kier alpha value is -1.75. The Morgan fingerprint density at radius 1 is 1.50 bits per heavy atom. The van der Waals surface area contributed by atoms with Crippen LogP contribution in [-0.4, -0.2) is 35.4 Å². The second kappa shape index (κ2) is 5.27. The number of phenolic OH excluding ortho intramolecular Hbond substituents is 2. The number of phenols is 2. The molecular formula is C13H17NO4. The number of amides is 1. The van der Waals surface area contributed by atoms with E-state index < -0.39 is 0 Å². The summed E-state index contributed by atoms with van der Waals surface area (Å²) in [6.45, 7) is 3.28. The molecule has 0 bridgehead atoms. The lowest BCUT2D eigenvalue weighted by Gasteiger charge is -2.19. The Morgan fingerprint density at radius 3 is 2.94 bits per heavy atom. The fraction of sp³-hybridized carbons (Fsp3) is 0.462. The van der Waals surface area contributed by atoms with Gasteiger partial charge in [0.1, 0.15) is 11.5 Å². The first kappa shape index (κ1) is 12.7. The summed E-state index contributed by atoms with van der Waals surface area (Å²) in [6.07, 6.45) is 0.924. The van der Waals surface area contributed by atoms with E-state index in [2.05, 4.69) is 5.32 Å². The molecule has 98 valence electrons. The molecule has 5 nitrogen and oxygen atoms in total. The molecule has 1 saturated heterocycles. The van der Waals surface area contributed by atoms with Crippen LogP contribution in [0.15, 0.2) is 18.2 Å². The topological polar surface area (TPSA) is 78.8 Å². The highest BCUT2D eigenvalue weighted by Crippen LogP contribution is 2.23. The maximum absolute atomic E-state index is 12.0. The molecule has 2 unspecified atom stereocenters. The van der Waals surface area contributed by atoms with Crippen LogP contribution in [0.1, 0.15) is 23.7 Å². The van der Waals surface area contributed by atoms with E-state index in [1.807, 2.05) is 6.92 Å². The highest BCUT2D eigenvalue weighted by molar-refractivity contribution is 5.97. The minimum Gasteiger partial charge on any atom is -0.508 e. The first-order chi connectivity index (χ1) is 8.58. The normalized spacial score (nSPS) is 20.6. The molecule has 0 aliphatic carbocycles. The van der Waals surface area contributed by atoms with Gasteiger partial charge in [-0.05, 0) is 31.5 Å². The molecule has 1 aliphatic rings. The predicted octanol–water partition coefficient (Wildman–Crippen LogP) is 1.25. The van der Waals surface area contributed by atoms with Gasteiger partial charge < -0.3 is 20.3 Å². The average molecular weight is 251 g/mol. The van der Waals surface area contributed by atoms with Gasteiger partial charge in [0.25, 0.3) is 5.91 Å². The zero-order valence-corrected chi connectivity index (χ0v) is 10.2. The zero-order valence-electron chi connectivity index (χ0n) is 10.2. The molecule has 1 aliphatic heterocycles. The summed E-state index contributed by atoms with van der Waals surface area (Å²) < 4.78 is 5.27. The van der Waals surface area contributed by atoms with Gasteiger partial charge in [-0.2, -0.15) is 0 Å². The monoisotopic (exact) mass is 251 g/mol. The van der Waals surface area contributed by atoms with Crippen LogP contribution in [0.5, 0.6) is 11.5 Å². The molecule has 1 aromatic rings. The van der Waals surface area contributed by atoms with Crippen molar-refractivity contribution in [2.45, 2.75) is 19.4 Å². The van der Waals surface area contributed by atoms with E-state index in [0.29, 0.717) is 12.5 Å². The molecule has 1 fully saturated rings. The van der Waals surface area contributed by atoms with E-state index in [1.165, 1.54) is 18.2 Å². The van der Waals surface area contributed by atoms with Crippen LogP contribution in [0, 0.1) is 5.92 Å². The summed E-state index contributed by atoms with van der Waals surface area (Å²) in [6, 6.07) is 3.86. The van der Waals surface area contributed by atoms with Gasteiger partial charge in [-0.15, -0.1) is 0 Å². The van der Waals surface area contributed by atoms with Gasteiger partial charge in [-0.25, -0.2) is 0 Å². The molecule has 0 radical (unpaired) electrons. The van der Waals surface area contributed by atoms with Crippen LogP contribution in [0.2, 0.25) is 0 Å². The van der Waals surface area contributed by atoms with E-state index >= 15 is 0 Å². The summed E-state index contributed by atoms with van der Waals surface area (Å²) >= 11 is 0. The molecular weight excluding hydrogens is 234 g/mol. The van der Waals surface area contributed by atoms with Crippen molar-refractivity contribution in [3.63, 3.8) is 0 Å². The van der Waals surface area contributed by atoms with Crippen LogP contribution in [0.25, 0.3) is 0 Å². The van der Waals surface area contributed by atoms with E-state index in [0.717, 1.165) is 13.0 Å². The molecule has 18 heavy (non-hydrogen) atoms. The fourth-order valence-electron chi connectivity index (χ4n) is 2.06. The van der Waals surface area contributed by atoms with Gasteiger partial charge >= 0.3 is 0 Å². The average Bonchev–Trinajstić information content (AvgIpc) is 2.85. The quantitative estimate of drug-likeness (QED) is 0.706. The Morgan fingerprint density at radius 2 is 2.28 bits per heavy atom. The molecule has 0 aromatic heterocycles. The van der Waals surface area contributed by atoms with Crippen LogP contribution >= 0.6 is 0 Å². The standard InChI is InChI=1S/C13H17NO4/c1-8(9-4-5-18-7-9)14-13(17)11-6-10(15)2-3-12(11)16/h2-3,6,8-9,15-16H,4-5,7H2,1H3,(H,14,17). The van der Waals surface area contributed by atoms with Crippen molar-refractivity contribution < 1.29 is 19.7 Å². The highest BCUT2D eigenvalue weighted by Gasteiger charge is 2.24. The van der Waals surface area contributed by atoms with Gasteiger partial charge in [-0.1, -0.05) is 0 Å². The molecule has 5 heteroatoms. The van der Waals surface area contributed by atoms with Crippen molar-refractivity contribution >= 4 is 5.91 Å². The Labute approximate surface area is 105 Å². The Bertz CT molecular complexity index is 441. The van der Waals surface area contributed by atoms with Crippen LogP contribution in [0.3, 0.4) is 0 Å². The van der Waals surface area contributed by atoms with Gasteiger partial charge in [0.05, 0.1) is 12.2 Å². The van der Waals surface area contributed by atoms with Gasteiger partial charge in [-0.3, -0.25) is 4.79 Å². The number of aromatic hydroxyl groups is 2. The smallest absolute Gasteiger partial charge is 0.255 e. The third kappa shape index (κ3) is 2.73. The molecule has 2 rings (SSSR count). The third-order valence-corrected chi connectivity index (χ3v) is 3.26. The number of ether oxygens (including phenoxy) is 1. The number of nitrogens with one attached hydrogen (secondary N) is 1. The largest absolute Gasteiger partial charge is 0.508 e. The van der Waals surface area contributed by atoms with Crippen LogP contribution in [-0.2, 0) is 4.74 Å². The zero-order chi connectivity index (χ0) is 13.1. The third-order valence-electron chi connectivity index (χ3n) is 3.26. The summed E-state index contributed by atoms with van der Waals surface area (Å²) in [7, 11) is 0. The van der Waals surface area contributed by atoms with Gasteiger partial charge in [0.15, 0.2) is 0 Å². The summed E-state index contributed by atoms with van der Waals surface area (Å²) in [4.78, 5) is 12.0. The van der Waals surface area contributed by atoms with Crippen molar-refractivity contribution in [2.24, 2.45) is 5.92 Å². The second-order valence-corrected chi connectivity index (χ2v) is 4.59. The number of rotatable bonds is 3. The SMILES string of the molecule is CC(NC(=O)c1cc(O)ccc1O)C1CCOC1. The molecule has 2 atom stereocenters. The summed E-state index contributed by atoms with van der Waals surface area (Å²) in [5, 5.41) is 21.7. The summed E-state index contributed by atoms with van der Waals surface area (Å²) in [5.74, 6) is -0.272. The Kier molecular flexibility index (Phi) is 3.72. The van der Waals surface area contributed by atoms with Gasteiger partial charge in [0.2, 0.25) is 0 Å². The lowest BCUT2D eigenvalue weighted by molar-refractivity contribution is 0.0919. The van der Waals surface area contributed by atoms with Crippen molar-refractivity contribution in [2.75, 3.05) is 13.2 Å². The maximum atomic E-state index is 12.0. The fourth-order valence-corrected chi connectivity index (χ4v) is 2.06. The number of hydrogen-bond acceptors (Lipinski definition) is 4. The van der Waals surface area contributed by atoms with Crippen LogP contribution in [0.4, 0.5) is 0 Å². The van der Waals surface area contributed by atoms with Gasteiger partial charge in [0, 0.05) is 18.6 Å². The molecule has 0 saturated carbocycles. The van der Waals surface area contributed by atoms with Crippen LogP contribution < -0.4 is 5.32 Å². The second-order valence-electron chi connectivity index (χ2n) is 4.59. The highest BCUT2D eigenvalue weighted by atomic mass is 16.5. The number of hydrogen-bond donors (Lipinski definition) is 3. The molecule has 1 heterocycles. The molecule has 1 aromatic carbocycles. The van der Waals surface area contributed by atoms with E-state index in [1.54, 1.807) is 0 Å². The van der Waals surface area contributed by atoms with Crippen molar-refractivity contribution in [1.29, 1.82) is 0 Å². The Balaban J connectivity index is 2.04. The number of benzene rings is 1. The van der Waals surface area contributed by atoms with E-state index in [-0.39, 0.29) is 29.0 Å². The number of carbonyl (C=O) groups is 1. The van der Waals surface area contributed by atoms with Crippen molar-refractivity contribution in [3.05, 3.63) is 23.8 Å².